The summed E-state index contributed by atoms with van der Waals surface area (Å²) < 4.78 is 49.0. The molecule has 0 amide bonds. The number of hydrogen-bond donors (Lipinski definition) is 0. The van der Waals surface area contributed by atoms with Crippen LogP contribution in [0.25, 0.3) is 11.1 Å². The van der Waals surface area contributed by atoms with E-state index in [1.807, 2.05) is 49.4 Å². The van der Waals surface area contributed by atoms with Crippen LogP contribution in [0.1, 0.15) is 69.2 Å². The average molecular weight is 449 g/mol. The molecule has 0 heterocycles. The van der Waals surface area contributed by atoms with Crippen LogP contribution in [0.2, 0.25) is 0 Å². The molecule has 0 radical (unpaired) electrons. The minimum absolute atomic E-state index is 0.287. The molecular weight excluding hydrogens is 417 g/mol. The van der Waals surface area contributed by atoms with E-state index in [-0.39, 0.29) is 6.10 Å². The number of hydrogen-bond acceptors (Lipinski definition) is 3. The van der Waals surface area contributed by atoms with Crippen molar-refractivity contribution in [1.29, 1.82) is 0 Å². The van der Waals surface area contributed by atoms with Gasteiger partial charge < -0.3 is 4.74 Å². The molecule has 2 aromatic carbocycles. The lowest BCUT2D eigenvalue weighted by atomic mass is 9.66. The number of benzene rings is 2. The molecule has 0 bridgehead atoms. The molecule has 1 atom stereocenters. The van der Waals surface area contributed by atoms with Gasteiger partial charge in [0.2, 0.25) is 0 Å². The molecule has 0 saturated heterocycles. The summed E-state index contributed by atoms with van der Waals surface area (Å²) in [5.41, 5.74) is 2.03. The highest BCUT2D eigenvalue weighted by Gasteiger charge is 2.46. The van der Waals surface area contributed by atoms with Crippen molar-refractivity contribution in [2.75, 3.05) is 0 Å². The van der Waals surface area contributed by atoms with Crippen molar-refractivity contribution in [3.63, 3.8) is 0 Å². The van der Waals surface area contributed by atoms with Crippen LogP contribution in [0.3, 0.4) is 0 Å². The van der Waals surface area contributed by atoms with Crippen LogP contribution < -0.4 is 0 Å². The molecule has 6 heteroatoms. The molecule has 1 aliphatic rings. The number of alkyl halides is 3. The number of ether oxygens (including phenoxy) is 2. The van der Waals surface area contributed by atoms with E-state index in [0.717, 1.165) is 17.5 Å². The molecule has 0 N–H and O–H groups in total. The van der Waals surface area contributed by atoms with Gasteiger partial charge in [-0.05, 0) is 67.2 Å². The highest BCUT2D eigenvalue weighted by Crippen LogP contribution is 2.47. The number of esters is 1. The van der Waals surface area contributed by atoms with Gasteiger partial charge in [0, 0.05) is 0 Å². The van der Waals surface area contributed by atoms with Crippen molar-refractivity contribution < 1.29 is 27.4 Å². The zero-order valence-electron chi connectivity index (χ0n) is 18.7. The number of carbonyl (C=O) groups excluding carboxylic acids is 1. The summed E-state index contributed by atoms with van der Waals surface area (Å²) in [6.07, 6.45) is -1.83. The van der Waals surface area contributed by atoms with E-state index in [1.54, 1.807) is 19.1 Å². The summed E-state index contributed by atoms with van der Waals surface area (Å²) in [4.78, 5) is 12.6. The van der Waals surface area contributed by atoms with E-state index >= 15 is 0 Å². The Bertz CT molecular complexity index is 854. The SMILES string of the molecule is CCCC1(C(CC)OC(F)(F)F)CCC(OC(=O)c2ccc(-c3ccccc3)cc2)CC1. The Labute approximate surface area is 187 Å². The molecule has 0 aromatic heterocycles. The van der Waals surface area contributed by atoms with E-state index in [2.05, 4.69) is 4.74 Å². The second-order valence-corrected chi connectivity index (χ2v) is 8.62. The highest BCUT2D eigenvalue weighted by atomic mass is 19.4. The molecule has 0 spiro atoms. The van der Waals surface area contributed by atoms with Crippen molar-refractivity contribution >= 4 is 5.97 Å². The van der Waals surface area contributed by atoms with Crippen molar-refractivity contribution in [2.45, 2.75) is 77.4 Å². The van der Waals surface area contributed by atoms with Crippen molar-refractivity contribution in [3.05, 3.63) is 60.2 Å². The van der Waals surface area contributed by atoms with Gasteiger partial charge in [-0.2, -0.15) is 0 Å². The van der Waals surface area contributed by atoms with Crippen LogP contribution in [-0.4, -0.2) is 24.5 Å². The first-order valence-corrected chi connectivity index (χ1v) is 11.4. The highest BCUT2D eigenvalue weighted by molar-refractivity contribution is 5.90. The topological polar surface area (TPSA) is 35.5 Å². The lowest BCUT2D eigenvalue weighted by Crippen LogP contribution is -2.44. The van der Waals surface area contributed by atoms with Gasteiger partial charge in [0.05, 0.1) is 11.7 Å². The monoisotopic (exact) mass is 448 g/mol. The first kappa shape index (κ1) is 24.3. The van der Waals surface area contributed by atoms with Crippen LogP contribution in [-0.2, 0) is 9.47 Å². The first-order chi connectivity index (χ1) is 15.3. The number of halogens is 3. The molecule has 1 unspecified atom stereocenters. The fraction of sp³-hybridized carbons (Fsp3) is 0.500. The third kappa shape index (κ3) is 6.12. The van der Waals surface area contributed by atoms with Crippen molar-refractivity contribution in [3.8, 4) is 11.1 Å². The van der Waals surface area contributed by atoms with Gasteiger partial charge in [-0.1, -0.05) is 62.7 Å². The maximum absolute atomic E-state index is 12.9. The minimum Gasteiger partial charge on any atom is -0.459 e. The van der Waals surface area contributed by atoms with Crippen LogP contribution >= 0.6 is 0 Å². The molecular formula is C26H31F3O3. The van der Waals surface area contributed by atoms with Crippen LogP contribution in [0.15, 0.2) is 54.6 Å². The fourth-order valence-corrected chi connectivity index (χ4v) is 4.97. The lowest BCUT2D eigenvalue weighted by molar-refractivity contribution is -0.358. The van der Waals surface area contributed by atoms with E-state index in [4.69, 9.17) is 4.74 Å². The summed E-state index contributed by atoms with van der Waals surface area (Å²) in [6, 6.07) is 17.2. The Morgan fingerprint density at radius 3 is 2.12 bits per heavy atom. The van der Waals surface area contributed by atoms with Crippen LogP contribution in [0.4, 0.5) is 13.2 Å². The van der Waals surface area contributed by atoms with Gasteiger partial charge in [-0.15, -0.1) is 13.2 Å². The van der Waals surface area contributed by atoms with Gasteiger partial charge in [0.1, 0.15) is 6.10 Å². The third-order valence-corrected chi connectivity index (χ3v) is 6.51. The van der Waals surface area contributed by atoms with Crippen LogP contribution in [0, 0.1) is 5.41 Å². The Balaban J connectivity index is 1.61. The lowest BCUT2D eigenvalue weighted by Gasteiger charge is -2.45. The van der Waals surface area contributed by atoms with Gasteiger partial charge in [-0.25, -0.2) is 4.79 Å². The van der Waals surface area contributed by atoms with E-state index < -0.39 is 23.9 Å². The van der Waals surface area contributed by atoms with Crippen LogP contribution in [0.5, 0.6) is 0 Å². The fourth-order valence-electron chi connectivity index (χ4n) is 4.97. The summed E-state index contributed by atoms with van der Waals surface area (Å²) in [5.74, 6) is -0.392. The molecule has 1 saturated carbocycles. The zero-order valence-corrected chi connectivity index (χ0v) is 18.7. The standard InChI is InChI=1S/C26H31F3O3/c1-3-16-25(23(4-2)32-26(27,28)29)17-14-22(15-18-25)31-24(30)21-12-10-20(11-13-21)19-8-6-5-7-9-19/h5-13,22-23H,3-4,14-18H2,1-2H3. The van der Waals surface area contributed by atoms with Gasteiger partial charge in [-0.3, -0.25) is 4.74 Å². The number of rotatable bonds is 8. The Morgan fingerprint density at radius 2 is 1.59 bits per heavy atom. The molecule has 3 rings (SSSR count). The minimum atomic E-state index is -4.64. The summed E-state index contributed by atoms with van der Waals surface area (Å²) in [5, 5.41) is 0. The molecule has 2 aromatic rings. The van der Waals surface area contributed by atoms with E-state index in [1.165, 1.54) is 0 Å². The Morgan fingerprint density at radius 1 is 1.00 bits per heavy atom. The molecule has 1 fully saturated rings. The number of carbonyl (C=O) groups is 1. The molecule has 1 aliphatic carbocycles. The predicted octanol–water partition coefficient (Wildman–Crippen LogP) is 7.55. The van der Waals surface area contributed by atoms with Gasteiger partial charge in [0.25, 0.3) is 0 Å². The van der Waals surface area contributed by atoms with Crippen molar-refractivity contribution in [2.24, 2.45) is 5.41 Å². The summed E-state index contributed by atoms with van der Waals surface area (Å²) in [6.45, 7) is 3.71. The van der Waals surface area contributed by atoms with Gasteiger partial charge in [0.15, 0.2) is 0 Å². The molecule has 3 nitrogen and oxygen atoms in total. The van der Waals surface area contributed by atoms with E-state index in [9.17, 15) is 18.0 Å². The second kappa shape index (κ2) is 10.5. The smallest absolute Gasteiger partial charge is 0.459 e. The Hall–Kier alpha value is -2.34. The summed E-state index contributed by atoms with van der Waals surface area (Å²) in [7, 11) is 0. The van der Waals surface area contributed by atoms with Crippen molar-refractivity contribution in [1.82, 2.24) is 0 Å². The normalized spacial score (nSPS) is 22.3. The zero-order chi connectivity index (χ0) is 23.2. The predicted molar refractivity (Wildman–Crippen MR) is 118 cm³/mol. The molecule has 174 valence electrons. The first-order valence-electron chi connectivity index (χ1n) is 11.4. The summed E-state index contributed by atoms with van der Waals surface area (Å²) >= 11 is 0. The van der Waals surface area contributed by atoms with E-state index in [0.29, 0.717) is 44.1 Å². The quantitative estimate of drug-likeness (QED) is 0.391. The third-order valence-electron chi connectivity index (χ3n) is 6.51. The maximum Gasteiger partial charge on any atom is 0.522 e. The Kier molecular flexibility index (Phi) is 7.99. The second-order valence-electron chi connectivity index (χ2n) is 8.62. The molecule has 32 heavy (non-hydrogen) atoms. The average Bonchev–Trinajstić information content (AvgIpc) is 2.79. The molecule has 0 aliphatic heterocycles. The van der Waals surface area contributed by atoms with Gasteiger partial charge >= 0.3 is 12.3 Å². The maximum atomic E-state index is 12.9. The largest absolute Gasteiger partial charge is 0.522 e.